The van der Waals surface area contributed by atoms with Crippen molar-refractivity contribution in [3.05, 3.63) is 16.1 Å². The number of imidazole rings is 1. The van der Waals surface area contributed by atoms with E-state index in [4.69, 9.17) is 23.2 Å². The van der Waals surface area contributed by atoms with E-state index in [1.807, 2.05) is 0 Å². The van der Waals surface area contributed by atoms with E-state index in [0.29, 0.717) is 6.29 Å². The van der Waals surface area contributed by atoms with Gasteiger partial charge >= 0.3 is 0 Å². The Morgan fingerprint density at radius 1 is 1.60 bits per heavy atom. The normalized spacial score (nSPS) is 9.90. The van der Waals surface area contributed by atoms with Gasteiger partial charge in [0.05, 0.1) is 0 Å². The van der Waals surface area contributed by atoms with Crippen molar-refractivity contribution >= 4 is 29.5 Å². The van der Waals surface area contributed by atoms with E-state index in [9.17, 15) is 4.79 Å². The van der Waals surface area contributed by atoms with Crippen LogP contribution in [0.2, 0.25) is 10.3 Å². The summed E-state index contributed by atoms with van der Waals surface area (Å²) in [5.74, 6) is 0.231. The van der Waals surface area contributed by atoms with Crippen LogP contribution in [0, 0.1) is 0 Å². The second kappa shape index (κ2) is 2.60. The lowest BCUT2D eigenvalue weighted by molar-refractivity contribution is 0.111. The number of halogens is 2. The second-order valence-electron chi connectivity index (χ2n) is 1.73. The fourth-order valence-electron chi connectivity index (χ4n) is 0.566. The summed E-state index contributed by atoms with van der Waals surface area (Å²) in [6, 6.07) is 0. The molecule has 0 aliphatic rings. The van der Waals surface area contributed by atoms with Gasteiger partial charge in [-0.05, 0) is 0 Å². The van der Waals surface area contributed by atoms with Gasteiger partial charge in [-0.2, -0.15) is 0 Å². The van der Waals surface area contributed by atoms with Gasteiger partial charge in [0.2, 0.25) is 0 Å². The number of rotatable bonds is 1. The number of hydrogen-bond acceptors (Lipinski definition) is 2. The third kappa shape index (κ3) is 1.02. The minimum absolute atomic E-state index is 0.159. The lowest BCUT2D eigenvalue weighted by Crippen LogP contribution is -1.94. The molecular formula is C5H4Cl2N2O. The summed E-state index contributed by atoms with van der Waals surface area (Å²) >= 11 is 11.1. The predicted octanol–water partition coefficient (Wildman–Crippen LogP) is 1.54. The maximum atomic E-state index is 10.2. The van der Waals surface area contributed by atoms with E-state index < -0.39 is 0 Å². The molecule has 0 unspecified atom stereocenters. The molecule has 1 heterocycles. The van der Waals surface area contributed by atoms with E-state index in [-0.39, 0.29) is 16.1 Å². The van der Waals surface area contributed by atoms with Crippen LogP contribution in [0.4, 0.5) is 0 Å². The Labute approximate surface area is 67.6 Å². The van der Waals surface area contributed by atoms with Crippen molar-refractivity contribution < 1.29 is 4.79 Å². The largest absolute Gasteiger partial charge is 0.315 e. The molecule has 0 aliphatic carbocycles. The Morgan fingerprint density at radius 2 is 2.20 bits per heavy atom. The molecule has 1 rings (SSSR count). The van der Waals surface area contributed by atoms with Crippen LogP contribution in [-0.2, 0) is 7.05 Å². The highest BCUT2D eigenvalue weighted by Crippen LogP contribution is 2.19. The smallest absolute Gasteiger partial charge is 0.185 e. The van der Waals surface area contributed by atoms with Gasteiger partial charge in [0, 0.05) is 7.05 Å². The number of hydrogen-bond donors (Lipinski definition) is 0. The number of nitrogens with zero attached hydrogens (tertiary/aromatic N) is 2. The molecule has 0 spiro atoms. The highest BCUT2D eigenvalue weighted by atomic mass is 35.5. The van der Waals surface area contributed by atoms with Gasteiger partial charge in [0.1, 0.15) is 5.15 Å². The van der Waals surface area contributed by atoms with Crippen LogP contribution in [0.15, 0.2) is 0 Å². The molecule has 5 heteroatoms. The Kier molecular flexibility index (Phi) is 1.97. The summed E-state index contributed by atoms with van der Waals surface area (Å²) in [4.78, 5) is 13.8. The molecule has 0 saturated carbocycles. The van der Waals surface area contributed by atoms with Gasteiger partial charge in [-0.3, -0.25) is 4.79 Å². The van der Waals surface area contributed by atoms with E-state index in [2.05, 4.69) is 4.98 Å². The van der Waals surface area contributed by atoms with Crippen LogP contribution < -0.4 is 0 Å². The summed E-state index contributed by atoms with van der Waals surface area (Å²) in [7, 11) is 1.62. The van der Waals surface area contributed by atoms with E-state index in [1.165, 1.54) is 4.57 Å². The molecular weight excluding hydrogens is 175 g/mol. The first-order chi connectivity index (χ1) is 4.66. The van der Waals surface area contributed by atoms with Crippen molar-refractivity contribution in [3.8, 4) is 0 Å². The number of aldehydes is 1. The van der Waals surface area contributed by atoms with Crippen LogP contribution in [0.25, 0.3) is 0 Å². The van der Waals surface area contributed by atoms with Crippen LogP contribution in [0.3, 0.4) is 0 Å². The highest BCUT2D eigenvalue weighted by Gasteiger charge is 2.08. The zero-order chi connectivity index (χ0) is 7.72. The first-order valence-electron chi connectivity index (χ1n) is 2.49. The summed E-state index contributed by atoms with van der Waals surface area (Å²) < 4.78 is 1.41. The Hall–Kier alpha value is -0.540. The summed E-state index contributed by atoms with van der Waals surface area (Å²) in [6.45, 7) is 0. The number of carbonyl (C=O) groups is 1. The molecule has 0 N–H and O–H groups in total. The molecule has 1 aromatic rings. The topological polar surface area (TPSA) is 34.9 Å². The third-order valence-electron chi connectivity index (χ3n) is 1.13. The maximum absolute atomic E-state index is 10.2. The maximum Gasteiger partial charge on any atom is 0.185 e. The van der Waals surface area contributed by atoms with Crippen LogP contribution >= 0.6 is 23.2 Å². The Morgan fingerprint density at radius 3 is 2.40 bits per heavy atom. The molecule has 0 fully saturated rings. The third-order valence-corrected chi connectivity index (χ3v) is 1.92. The lowest BCUT2D eigenvalue weighted by Gasteiger charge is -1.91. The summed E-state index contributed by atoms with van der Waals surface area (Å²) in [5.41, 5.74) is 0. The van der Waals surface area contributed by atoms with Gasteiger partial charge in [-0.15, -0.1) is 0 Å². The van der Waals surface area contributed by atoms with E-state index in [1.54, 1.807) is 7.05 Å². The minimum Gasteiger partial charge on any atom is -0.315 e. The quantitative estimate of drug-likeness (QED) is 0.612. The van der Waals surface area contributed by atoms with Crippen molar-refractivity contribution in [1.82, 2.24) is 9.55 Å². The van der Waals surface area contributed by atoms with Crippen LogP contribution in [0.5, 0.6) is 0 Å². The Bertz CT molecular complexity index is 269. The van der Waals surface area contributed by atoms with Gasteiger partial charge in [0.25, 0.3) is 0 Å². The van der Waals surface area contributed by atoms with Gasteiger partial charge in [0.15, 0.2) is 17.3 Å². The molecule has 10 heavy (non-hydrogen) atoms. The number of carbonyl (C=O) groups excluding carboxylic acids is 1. The molecule has 0 radical (unpaired) electrons. The van der Waals surface area contributed by atoms with Crippen LogP contribution in [-0.4, -0.2) is 15.8 Å². The molecule has 0 bridgehead atoms. The first-order valence-corrected chi connectivity index (χ1v) is 3.25. The fourth-order valence-corrected chi connectivity index (χ4v) is 0.908. The van der Waals surface area contributed by atoms with Gasteiger partial charge in [-0.1, -0.05) is 23.2 Å². The summed E-state index contributed by atoms with van der Waals surface area (Å²) in [6.07, 6.45) is 0.595. The van der Waals surface area contributed by atoms with E-state index in [0.717, 1.165) is 0 Å². The monoisotopic (exact) mass is 178 g/mol. The highest BCUT2D eigenvalue weighted by molar-refractivity contribution is 6.40. The zero-order valence-electron chi connectivity index (χ0n) is 5.14. The zero-order valence-corrected chi connectivity index (χ0v) is 6.65. The predicted molar refractivity (Wildman–Crippen MR) is 38.6 cm³/mol. The molecule has 0 atom stereocenters. The van der Waals surface area contributed by atoms with Crippen molar-refractivity contribution in [1.29, 1.82) is 0 Å². The number of aromatic nitrogens is 2. The Balaban J connectivity index is 3.30. The average Bonchev–Trinajstić information content (AvgIpc) is 2.17. The van der Waals surface area contributed by atoms with E-state index >= 15 is 0 Å². The molecule has 54 valence electrons. The molecule has 0 aromatic carbocycles. The average molecular weight is 179 g/mol. The second-order valence-corrected chi connectivity index (χ2v) is 2.44. The lowest BCUT2D eigenvalue weighted by atomic mass is 10.7. The van der Waals surface area contributed by atoms with Gasteiger partial charge in [-0.25, -0.2) is 4.98 Å². The standard InChI is InChI=1S/C5H4Cl2N2O/c1-9-3(2-10)8-4(6)5(9)7/h2H,1H3. The SMILES string of the molecule is Cn1c(C=O)nc(Cl)c1Cl. The summed E-state index contributed by atoms with van der Waals surface area (Å²) in [5, 5.41) is 0.440. The first kappa shape index (κ1) is 7.57. The molecule has 0 saturated heterocycles. The van der Waals surface area contributed by atoms with Crippen molar-refractivity contribution in [2.24, 2.45) is 7.05 Å². The molecule has 1 aromatic heterocycles. The van der Waals surface area contributed by atoms with Gasteiger partial charge < -0.3 is 4.57 Å². The molecule has 0 amide bonds. The fraction of sp³-hybridized carbons (Fsp3) is 0.200. The van der Waals surface area contributed by atoms with Crippen molar-refractivity contribution in [2.45, 2.75) is 0 Å². The van der Waals surface area contributed by atoms with Crippen molar-refractivity contribution in [2.75, 3.05) is 0 Å². The minimum atomic E-state index is 0.159. The molecule has 0 aliphatic heterocycles. The molecule has 3 nitrogen and oxygen atoms in total. The van der Waals surface area contributed by atoms with Crippen molar-refractivity contribution in [3.63, 3.8) is 0 Å². The van der Waals surface area contributed by atoms with Crippen LogP contribution in [0.1, 0.15) is 10.6 Å².